The van der Waals surface area contributed by atoms with E-state index < -0.39 is 0 Å². The fourth-order valence-corrected chi connectivity index (χ4v) is 1.67. The van der Waals surface area contributed by atoms with Crippen LogP contribution in [0.3, 0.4) is 0 Å². The lowest BCUT2D eigenvalue weighted by Crippen LogP contribution is -2.12. The van der Waals surface area contributed by atoms with Crippen LogP contribution in [0.1, 0.15) is 22.3 Å². The molecule has 1 nitrogen and oxygen atoms in total. The molecule has 0 atom stereocenters. The number of aromatic hydroxyl groups is 1. The first-order valence-electron chi connectivity index (χ1n) is 3.97. The Morgan fingerprint density at radius 2 is 1.25 bits per heavy atom. The summed E-state index contributed by atoms with van der Waals surface area (Å²) in [6, 6.07) is 0. The van der Waals surface area contributed by atoms with E-state index in [4.69, 9.17) is 0 Å². The van der Waals surface area contributed by atoms with E-state index in [-0.39, 0.29) is 0 Å². The average molecular weight is 177 g/mol. The Labute approximate surface area is 76.9 Å². The van der Waals surface area contributed by atoms with Crippen molar-refractivity contribution in [1.82, 2.24) is 0 Å². The zero-order valence-electron chi connectivity index (χ0n) is 7.95. The average Bonchev–Trinajstić information content (AvgIpc) is 2.08. The van der Waals surface area contributed by atoms with Gasteiger partial charge in [-0.25, -0.2) is 0 Å². The third-order valence-electron chi connectivity index (χ3n) is 2.65. The van der Waals surface area contributed by atoms with Gasteiger partial charge in [0.25, 0.3) is 0 Å². The first-order chi connectivity index (χ1) is 5.46. The molecule has 0 unspecified atom stereocenters. The zero-order chi connectivity index (χ0) is 9.46. The molecule has 0 heterocycles. The van der Waals surface area contributed by atoms with E-state index in [1.807, 2.05) is 20.8 Å². The van der Waals surface area contributed by atoms with Crippen molar-refractivity contribution in [2.45, 2.75) is 27.7 Å². The van der Waals surface area contributed by atoms with Crippen LogP contribution in [0.15, 0.2) is 0 Å². The lowest BCUT2D eigenvalue weighted by Gasteiger charge is -2.13. The molecule has 0 aliphatic carbocycles. The Hall–Kier alpha value is -0.763. The Balaban J connectivity index is 3.60. The smallest absolute Gasteiger partial charge is 0.117 e. The molecular weight excluding hydrogens is 164 g/mol. The summed E-state index contributed by atoms with van der Waals surface area (Å²) in [6.07, 6.45) is 0. The van der Waals surface area contributed by atoms with E-state index >= 15 is 0 Å². The van der Waals surface area contributed by atoms with Crippen molar-refractivity contribution in [2.75, 3.05) is 0 Å². The third-order valence-corrected chi connectivity index (χ3v) is 3.27. The molecule has 0 bridgehead atoms. The van der Waals surface area contributed by atoms with Crippen LogP contribution in [0.25, 0.3) is 0 Å². The second-order valence-corrected chi connectivity index (χ2v) is 3.72. The highest BCUT2D eigenvalue weighted by Gasteiger charge is 2.09. The van der Waals surface area contributed by atoms with Crippen LogP contribution in [-0.4, -0.2) is 15.3 Å². The van der Waals surface area contributed by atoms with Crippen molar-refractivity contribution in [1.29, 1.82) is 0 Å². The SMILES string of the molecule is Cc1c(C)c(C)c([Si])c(O)c1C. The fraction of sp³-hybridized carbons (Fsp3) is 0.400. The molecule has 0 spiro atoms. The van der Waals surface area contributed by atoms with Crippen LogP contribution in [0.5, 0.6) is 5.75 Å². The highest BCUT2D eigenvalue weighted by molar-refractivity contribution is 6.35. The van der Waals surface area contributed by atoms with Crippen LogP contribution in [0, 0.1) is 27.7 Å². The van der Waals surface area contributed by atoms with E-state index in [9.17, 15) is 5.11 Å². The molecule has 63 valence electrons. The van der Waals surface area contributed by atoms with Gasteiger partial charge < -0.3 is 5.11 Å². The number of benzene rings is 1. The lowest BCUT2D eigenvalue weighted by atomic mass is 9.98. The maximum absolute atomic E-state index is 9.64. The van der Waals surface area contributed by atoms with Crippen LogP contribution >= 0.6 is 0 Å². The topological polar surface area (TPSA) is 20.2 Å². The van der Waals surface area contributed by atoms with Gasteiger partial charge in [-0.2, -0.15) is 0 Å². The number of rotatable bonds is 0. The van der Waals surface area contributed by atoms with Gasteiger partial charge in [-0.3, -0.25) is 0 Å². The standard InChI is InChI=1S/C10H13OSi/c1-5-6(2)8(4)10(12)9(11)7(5)3/h11H,1-4H3. The second-order valence-electron chi connectivity index (χ2n) is 3.22. The first-order valence-corrected chi connectivity index (χ1v) is 4.47. The highest BCUT2D eigenvalue weighted by Crippen LogP contribution is 2.22. The van der Waals surface area contributed by atoms with Crippen molar-refractivity contribution in [3.05, 3.63) is 22.3 Å². The molecule has 0 aliphatic rings. The summed E-state index contributed by atoms with van der Waals surface area (Å²) < 4.78 is 0. The molecule has 0 aliphatic heterocycles. The van der Waals surface area contributed by atoms with Gasteiger partial charge in [0.05, 0.1) is 10.2 Å². The van der Waals surface area contributed by atoms with Gasteiger partial charge >= 0.3 is 0 Å². The van der Waals surface area contributed by atoms with Crippen molar-refractivity contribution in [2.24, 2.45) is 0 Å². The summed E-state index contributed by atoms with van der Waals surface area (Å²) in [7, 11) is 3.42. The van der Waals surface area contributed by atoms with Crippen LogP contribution in [0.2, 0.25) is 0 Å². The van der Waals surface area contributed by atoms with Crippen LogP contribution in [-0.2, 0) is 0 Å². The monoisotopic (exact) mass is 177 g/mol. The van der Waals surface area contributed by atoms with Crippen LogP contribution in [0.4, 0.5) is 0 Å². The molecule has 1 aromatic rings. The maximum Gasteiger partial charge on any atom is 0.117 e. The summed E-state index contributed by atoms with van der Waals surface area (Å²) in [5.41, 5.74) is 4.50. The predicted molar refractivity (Wildman–Crippen MR) is 52.4 cm³/mol. The fourth-order valence-electron chi connectivity index (χ4n) is 1.29. The van der Waals surface area contributed by atoms with E-state index in [1.54, 1.807) is 0 Å². The largest absolute Gasteiger partial charge is 0.508 e. The quantitative estimate of drug-likeness (QED) is 0.594. The Morgan fingerprint density at radius 3 is 1.75 bits per heavy atom. The van der Waals surface area contributed by atoms with Crippen molar-refractivity contribution in [3.8, 4) is 5.75 Å². The van der Waals surface area contributed by atoms with Gasteiger partial charge in [0.1, 0.15) is 5.75 Å². The molecule has 1 aromatic carbocycles. The van der Waals surface area contributed by atoms with Gasteiger partial charge in [0.2, 0.25) is 0 Å². The summed E-state index contributed by atoms with van der Waals surface area (Å²) in [5, 5.41) is 10.5. The minimum Gasteiger partial charge on any atom is -0.508 e. The van der Waals surface area contributed by atoms with Gasteiger partial charge in [-0.15, -0.1) is 0 Å². The molecule has 1 rings (SSSR count). The van der Waals surface area contributed by atoms with Crippen molar-refractivity contribution in [3.63, 3.8) is 0 Å². The summed E-state index contributed by atoms with van der Waals surface area (Å²) >= 11 is 0. The zero-order valence-corrected chi connectivity index (χ0v) is 8.95. The molecule has 1 N–H and O–H groups in total. The van der Waals surface area contributed by atoms with Gasteiger partial charge in [-0.05, 0) is 55.1 Å². The Bertz CT molecular complexity index is 224. The Kier molecular flexibility index (Phi) is 2.28. The second kappa shape index (κ2) is 2.94. The van der Waals surface area contributed by atoms with Gasteiger partial charge in [-0.1, -0.05) is 0 Å². The van der Waals surface area contributed by atoms with Crippen LogP contribution < -0.4 is 5.19 Å². The molecule has 0 aromatic heterocycles. The number of phenolic OH excluding ortho intramolecular Hbond substituents is 1. The molecule has 12 heavy (non-hydrogen) atoms. The number of phenols is 1. The van der Waals surface area contributed by atoms with Gasteiger partial charge in [0.15, 0.2) is 0 Å². The lowest BCUT2D eigenvalue weighted by molar-refractivity contribution is 0.474. The summed E-state index contributed by atoms with van der Waals surface area (Å²) in [5.74, 6) is 0.368. The van der Waals surface area contributed by atoms with E-state index in [2.05, 4.69) is 17.2 Å². The van der Waals surface area contributed by atoms with Crippen molar-refractivity contribution >= 4 is 15.4 Å². The first kappa shape index (κ1) is 9.33. The normalized spacial score (nSPS) is 10.4. The summed E-state index contributed by atoms with van der Waals surface area (Å²) in [4.78, 5) is 0. The minimum absolute atomic E-state index is 0.368. The molecule has 0 saturated heterocycles. The molecule has 2 heteroatoms. The van der Waals surface area contributed by atoms with Crippen molar-refractivity contribution < 1.29 is 5.11 Å². The molecular formula is C10H13OSi. The molecule has 0 amide bonds. The third kappa shape index (κ3) is 1.16. The van der Waals surface area contributed by atoms with E-state index in [1.165, 1.54) is 11.1 Å². The Morgan fingerprint density at radius 1 is 0.833 bits per heavy atom. The highest BCUT2D eigenvalue weighted by atomic mass is 28.1. The number of hydrogen-bond donors (Lipinski definition) is 1. The molecule has 0 saturated carbocycles. The minimum atomic E-state index is 0.368. The van der Waals surface area contributed by atoms with E-state index in [0.717, 1.165) is 16.3 Å². The number of hydrogen-bond acceptors (Lipinski definition) is 1. The predicted octanol–water partition coefficient (Wildman–Crippen LogP) is 1.42. The summed E-state index contributed by atoms with van der Waals surface area (Å²) in [6.45, 7) is 8.04. The molecule has 3 radical (unpaired) electrons. The molecule has 0 fully saturated rings. The van der Waals surface area contributed by atoms with Gasteiger partial charge in [0, 0.05) is 0 Å². The maximum atomic E-state index is 9.64. The van der Waals surface area contributed by atoms with E-state index in [0.29, 0.717) is 5.75 Å².